The van der Waals surface area contributed by atoms with Crippen molar-refractivity contribution in [3.05, 3.63) is 35.4 Å². The predicted octanol–water partition coefficient (Wildman–Crippen LogP) is 2.01. The maximum atomic E-state index is 11.7. The second kappa shape index (κ2) is 5.67. The normalized spacial score (nSPS) is 18.1. The van der Waals surface area contributed by atoms with E-state index in [0.29, 0.717) is 13.0 Å². The second-order valence-corrected chi connectivity index (χ2v) is 4.49. The Kier molecular flexibility index (Phi) is 3.97. The number of amides is 1. The molecule has 0 spiro atoms. The van der Waals surface area contributed by atoms with Crippen LogP contribution in [0.15, 0.2) is 29.4 Å². The quantitative estimate of drug-likeness (QED) is 0.883. The highest BCUT2D eigenvalue weighted by atomic mass is 16.6. The van der Waals surface area contributed by atoms with Crippen molar-refractivity contribution in [2.24, 2.45) is 5.16 Å². The van der Waals surface area contributed by atoms with Crippen molar-refractivity contribution in [2.75, 3.05) is 6.54 Å². The van der Waals surface area contributed by atoms with E-state index >= 15 is 0 Å². The molecule has 0 radical (unpaired) electrons. The maximum Gasteiger partial charge on any atom is 0.264 e. The summed E-state index contributed by atoms with van der Waals surface area (Å²) in [7, 11) is 0. The van der Waals surface area contributed by atoms with Gasteiger partial charge in [0.15, 0.2) is 0 Å². The Morgan fingerprint density at radius 1 is 1.44 bits per heavy atom. The van der Waals surface area contributed by atoms with Crippen LogP contribution in [0.25, 0.3) is 0 Å². The van der Waals surface area contributed by atoms with Gasteiger partial charge >= 0.3 is 0 Å². The van der Waals surface area contributed by atoms with Crippen LogP contribution in [0.3, 0.4) is 0 Å². The minimum absolute atomic E-state index is 0.0808. The first kappa shape index (κ1) is 12.6. The molecular formula is C14H18N2O2. The summed E-state index contributed by atoms with van der Waals surface area (Å²) in [6, 6.07) is 8.07. The second-order valence-electron chi connectivity index (χ2n) is 4.49. The topological polar surface area (TPSA) is 50.7 Å². The van der Waals surface area contributed by atoms with E-state index in [9.17, 15) is 4.79 Å². The summed E-state index contributed by atoms with van der Waals surface area (Å²) in [6.45, 7) is 4.74. The zero-order valence-electron chi connectivity index (χ0n) is 10.8. The van der Waals surface area contributed by atoms with Crippen molar-refractivity contribution in [1.82, 2.24) is 5.32 Å². The molecule has 1 aromatic rings. The summed E-state index contributed by atoms with van der Waals surface area (Å²) in [5.41, 5.74) is 3.06. The number of benzene rings is 1. The number of rotatable bonds is 4. The zero-order valence-corrected chi connectivity index (χ0v) is 10.8. The molecule has 0 aromatic heterocycles. The molecule has 1 aliphatic heterocycles. The van der Waals surface area contributed by atoms with E-state index in [4.69, 9.17) is 4.84 Å². The van der Waals surface area contributed by atoms with Gasteiger partial charge in [-0.3, -0.25) is 4.79 Å². The molecule has 1 aromatic carbocycles. The Hall–Kier alpha value is -1.84. The zero-order chi connectivity index (χ0) is 13.0. The molecular weight excluding hydrogens is 228 g/mol. The van der Waals surface area contributed by atoms with Gasteiger partial charge in [-0.25, -0.2) is 0 Å². The lowest BCUT2D eigenvalue weighted by atomic mass is 10.0. The van der Waals surface area contributed by atoms with Gasteiger partial charge in [0.25, 0.3) is 5.91 Å². The highest BCUT2D eigenvalue weighted by Gasteiger charge is 2.28. The Labute approximate surface area is 107 Å². The summed E-state index contributed by atoms with van der Waals surface area (Å²) < 4.78 is 0. The molecule has 1 atom stereocenters. The predicted molar refractivity (Wildman–Crippen MR) is 70.5 cm³/mol. The molecule has 0 saturated carbocycles. The smallest absolute Gasteiger partial charge is 0.264 e. The average Bonchev–Trinajstić information content (AvgIpc) is 2.86. The molecule has 2 rings (SSSR count). The molecule has 18 heavy (non-hydrogen) atoms. The third-order valence-electron chi connectivity index (χ3n) is 2.90. The molecule has 0 unspecified atom stereocenters. The fraction of sp³-hybridized carbons (Fsp3) is 0.429. The first-order valence-corrected chi connectivity index (χ1v) is 6.28. The lowest BCUT2D eigenvalue weighted by molar-refractivity contribution is -0.131. The maximum absolute atomic E-state index is 11.7. The summed E-state index contributed by atoms with van der Waals surface area (Å²) in [5.74, 6) is -0.0808. The summed E-state index contributed by atoms with van der Waals surface area (Å²) in [6.07, 6.45) is 0.982. The average molecular weight is 246 g/mol. The van der Waals surface area contributed by atoms with E-state index in [-0.39, 0.29) is 5.91 Å². The highest BCUT2D eigenvalue weighted by molar-refractivity contribution is 6.04. The van der Waals surface area contributed by atoms with E-state index in [2.05, 4.69) is 10.5 Å². The largest absolute Gasteiger partial charge is 0.382 e. The minimum atomic E-state index is -0.479. The van der Waals surface area contributed by atoms with Crippen LogP contribution < -0.4 is 5.32 Å². The number of hydrogen-bond donors (Lipinski definition) is 1. The van der Waals surface area contributed by atoms with E-state index < -0.39 is 6.10 Å². The summed E-state index contributed by atoms with van der Waals surface area (Å²) >= 11 is 0. The first-order valence-electron chi connectivity index (χ1n) is 6.28. The van der Waals surface area contributed by atoms with E-state index in [1.54, 1.807) is 0 Å². The van der Waals surface area contributed by atoms with Crippen molar-refractivity contribution in [1.29, 1.82) is 0 Å². The van der Waals surface area contributed by atoms with Crippen LogP contribution in [-0.2, 0) is 9.63 Å². The summed E-state index contributed by atoms with van der Waals surface area (Å²) in [5, 5.41) is 6.82. The standard InChI is InChI=1S/C14H18N2O2/c1-3-8-15-14(17)13-9-12(16-18-13)11-6-4-10(2)5-7-11/h4-7,13H,3,8-9H2,1-2H3,(H,15,17)/t13-/m1/s1. The molecule has 0 aliphatic carbocycles. The van der Waals surface area contributed by atoms with Crippen LogP contribution >= 0.6 is 0 Å². The molecule has 0 bridgehead atoms. The van der Waals surface area contributed by atoms with Crippen LogP contribution in [-0.4, -0.2) is 24.3 Å². The number of nitrogens with zero attached hydrogens (tertiary/aromatic N) is 1. The molecule has 0 fully saturated rings. The molecule has 1 amide bonds. The molecule has 0 saturated heterocycles. The van der Waals surface area contributed by atoms with Crippen LogP contribution in [0.4, 0.5) is 0 Å². The summed E-state index contributed by atoms with van der Waals surface area (Å²) in [4.78, 5) is 16.9. The number of carbonyl (C=O) groups excluding carboxylic acids is 1. The van der Waals surface area contributed by atoms with Crippen molar-refractivity contribution in [2.45, 2.75) is 32.8 Å². The van der Waals surface area contributed by atoms with Crippen LogP contribution in [0.5, 0.6) is 0 Å². The van der Waals surface area contributed by atoms with E-state index in [1.165, 1.54) is 5.56 Å². The van der Waals surface area contributed by atoms with Gasteiger partial charge in [-0.2, -0.15) is 0 Å². The highest BCUT2D eigenvalue weighted by Crippen LogP contribution is 2.17. The first-order chi connectivity index (χ1) is 8.70. The van der Waals surface area contributed by atoms with Crippen molar-refractivity contribution >= 4 is 11.6 Å². The number of nitrogens with one attached hydrogen (secondary N) is 1. The minimum Gasteiger partial charge on any atom is -0.382 e. The number of aryl methyl sites for hydroxylation is 1. The molecule has 4 heteroatoms. The fourth-order valence-electron chi connectivity index (χ4n) is 1.80. The Balaban J connectivity index is 1.95. The Bertz CT molecular complexity index is 451. The molecule has 1 heterocycles. The lowest BCUT2D eigenvalue weighted by Gasteiger charge is -2.08. The van der Waals surface area contributed by atoms with Crippen LogP contribution in [0.2, 0.25) is 0 Å². The van der Waals surface area contributed by atoms with Crippen LogP contribution in [0.1, 0.15) is 30.9 Å². The monoisotopic (exact) mass is 246 g/mol. The lowest BCUT2D eigenvalue weighted by Crippen LogP contribution is -2.35. The number of carbonyl (C=O) groups is 1. The number of oxime groups is 1. The molecule has 96 valence electrons. The molecule has 1 aliphatic rings. The van der Waals surface area contributed by atoms with Gasteiger partial charge in [-0.05, 0) is 18.9 Å². The van der Waals surface area contributed by atoms with Gasteiger partial charge in [-0.1, -0.05) is 41.9 Å². The molecule has 1 N–H and O–H groups in total. The van der Waals surface area contributed by atoms with E-state index in [0.717, 1.165) is 17.7 Å². The number of hydrogen-bond acceptors (Lipinski definition) is 3. The van der Waals surface area contributed by atoms with Gasteiger partial charge in [0.05, 0.1) is 5.71 Å². The van der Waals surface area contributed by atoms with Gasteiger partial charge < -0.3 is 10.2 Å². The van der Waals surface area contributed by atoms with Crippen molar-refractivity contribution in [3.63, 3.8) is 0 Å². The Morgan fingerprint density at radius 2 is 2.17 bits per heavy atom. The third kappa shape index (κ3) is 2.88. The van der Waals surface area contributed by atoms with Gasteiger partial charge in [0, 0.05) is 13.0 Å². The van der Waals surface area contributed by atoms with Crippen molar-refractivity contribution in [3.8, 4) is 0 Å². The van der Waals surface area contributed by atoms with Gasteiger partial charge in [0.1, 0.15) is 0 Å². The van der Waals surface area contributed by atoms with Gasteiger partial charge in [0.2, 0.25) is 6.10 Å². The van der Waals surface area contributed by atoms with Gasteiger partial charge in [-0.15, -0.1) is 0 Å². The van der Waals surface area contributed by atoms with Crippen LogP contribution in [0, 0.1) is 6.92 Å². The third-order valence-corrected chi connectivity index (χ3v) is 2.90. The van der Waals surface area contributed by atoms with E-state index in [1.807, 2.05) is 38.1 Å². The SMILES string of the molecule is CCCNC(=O)[C@H]1CC(c2ccc(C)cc2)=NO1. The molecule has 4 nitrogen and oxygen atoms in total. The van der Waals surface area contributed by atoms with Crippen molar-refractivity contribution < 1.29 is 9.63 Å². The Morgan fingerprint density at radius 3 is 2.83 bits per heavy atom. The fourth-order valence-corrected chi connectivity index (χ4v) is 1.80.